The van der Waals surface area contributed by atoms with Gasteiger partial charge in [0.15, 0.2) is 17.0 Å². The van der Waals surface area contributed by atoms with Gasteiger partial charge in [0.1, 0.15) is 11.6 Å². The fourth-order valence-electron chi connectivity index (χ4n) is 5.88. The second-order valence-electron chi connectivity index (χ2n) is 11.0. The van der Waals surface area contributed by atoms with Gasteiger partial charge in [0.05, 0.1) is 24.2 Å². The van der Waals surface area contributed by atoms with Gasteiger partial charge in [-0.15, -0.1) is 0 Å². The molecule has 0 radical (unpaired) electrons. The van der Waals surface area contributed by atoms with E-state index in [-0.39, 0.29) is 11.8 Å². The predicted molar refractivity (Wildman–Crippen MR) is 151 cm³/mol. The number of likely N-dealkylation sites (tertiary alicyclic amines) is 1. The lowest BCUT2D eigenvalue weighted by Gasteiger charge is -2.33. The first-order valence-electron chi connectivity index (χ1n) is 14.3. The van der Waals surface area contributed by atoms with Gasteiger partial charge in [-0.25, -0.2) is 9.97 Å². The van der Waals surface area contributed by atoms with Gasteiger partial charge in [-0.2, -0.15) is 9.97 Å². The van der Waals surface area contributed by atoms with Crippen molar-refractivity contribution < 1.29 is 9.53 Å². The molecule has 2 saturated heterocycles. The molecule has 2 fully saturated rings. The monoisotopic (exact) mass is 530 g/mol. The number of rotatable bonds is 6. The van der Waals surface area contributed by atoms with Gasteiger partial charge in [-0.3, -0.25) is 9.36 Å². The number of ether oxygens (including phenoxy) is 1. The maximum atomic E-state index is 12.5. The third kappa shape index (κ3) is 4.75. The van der Waals surface area contributed by atoms with Crippen LogP contribution in [0, 0.1) is 11.8 Å². The highest BCUT2D eigenvalue weighted by Gasteiger charge is 2.28. The zero-order chi connectivity index (χ0) is 27.1. The number of fused-ring (bicyclic) bond motifs is 2. The molecule has 10 nitrogen and oxygen atoms in total. The molecule has 206 valence electrons. The lowest BCUT2D eigenvalue weighted by Crippen LogP contribution is -2.41. The molecule has 0 atom stereocenters. The molecule has 3 aromatic heterocycles. The molecule has 5 heterocycles. The van der Waals surface area contributed by atoms with Crippen molar-refractivity contribution in [3.05, 3.63) is 35.9 Å². The van der Waals surface area contributed by atoms with Gasteiger partial charge >= 0.3 is 0 Å². The Hall–Kier alpha value is -3.53. The Balaban J connectivity index is 1.39. The first-order chi connectivity index (χ1) is 18.9. The predicted octanol–water partition coefficient (Wildman–Crippen LogP) is 3.54. The van der Waals surface area contributed by atoms with E-state index in [1.807, 2.05) is 36.9 Å². The van der Waals surface area contributed by atoms with E-state index in [9.17, 15) is 4.79 Å². The molecule has 0 bridgehead atoms. The number of hydrogen-bond acceptors (Lipinski definition) is 7. The number of morpholine rings is 1. The lowest BCUT2D eigenvalue weighted by molar-refractivity contribution is -0.135. The summed E-state index contributed by atoms with van der Waals surface area (Å²) in [6.45, 7) is 10.6. The van der Waals surface area contributed by atoms with E-state index in [1.54, 1.807) is 0 Å². The zero-order valence-electron chi connectivity index (χ0n) is 23.4. The highest BCUT2D eigenvalue weighted by atomic mass is 16.5. The summed E-state index contributed by atoms with van der Waals surface area (Å²) in [6.07, 6.45) is 3.63. The Morgan fingerprint density at radius 1 is 1.00 bits per heavy atom. The van der Waals surface area contributed by atoms with Crippen LogP contribution < -0.4 is 4.90 Å². The first-order valence-corrected chi connectivity index (χ1v) is 14.3. The van der Waals surface area contributed by atoms with Crippen LogP contribution >= 0.6 is 0 Å². The standard InChI is InChI=1S/C29H38N8O2/c1-5-23-30-21-8-6-7-9-22(21)37(23)29-32-26-25(27(33-29)35-14-16-39-17-15-35)31-24(34(26)4)18-20-10-12-36(13-11-20)28(38)19(2)3/h6-9,19-20H,5,10-18H2,1-4H3. The number of piperidine rings is 1. The summed E-state index contributed by atoms with van der Waals surface area (Å²) >= 11 is 0. The average molecular weight is 531 g/mol. The maximum absolute atomic E-state index is 12.5. The normalized spacial score (nSPS) is 17.2. The molecule has 10 heteroatoms. The number of anilines is 1. The Labute approximate surface area is 229 Å². The maximum Gasteiger partial charge on any atom is 0.239 e. The highest BCUT2D eigenvalue weighted by molar-refractivity contribution is 5.86. The number of aromatic nitrogens is 6. The largest absolute Gasteiger partial charge is 0.378 e. The minimum atomic E-state index is 0.0496. The van der Waals surface area contributed by atoms with Gasteiger partial charge in [0.25, 0.3) is 0 Å². The van der Waals surface area contributed by atoms with E-state index in [2.05, 4.69) is 34.1 Å². The van der Waals surface area contributed by atoms with Gasteiger partial charge in [-0.1, -0.05) is 32.9 Å². The molecular formula is C29H38N8O2. The Morgan fingerprint density at radius 3 is 2.46 bits per heavy atom. The third-order valence-corrected chi connectivity index (χ3v) is 8.13. The quantitative estimate of drug-likeness (QED) is 0.376. The van der Waals surface area contributed by atoms with Crippen LogP contribution in [0.2, 0.25) is 0 Å². The molecule has 2 aliphatic heterocycles. The topological polar surface area (TPSA) is 94.2 Å². The van der Waals surface area contributed by atoms with Gasteiger partial charge < -0.3 is 19.1 Å². The van der Waals surface area contributed by atoms with Crippen molar-refractivity contribution in [1.82, 2.24) is 34.0 Å². The number of nitrogens with zero attached hydrogens (tertiary/aromatic N) is 8. The fourth-order valence-corrected chi connectivity index (χ4v) is 5.88. The van der Waals surface area contributed by atoms with Crippen molar-refractivity contribution in [2.75, 3.05) is 44.3 Å². The molecule has 1 amide bonds. The minimum absolute atomic E-state index is 0.0496. The van der Waals surface area contributed by atoms with Crippen LogP contribution in [-0.4, -0.2) is 79.3 Å². The van der Waals surface area contributed by atoms with E-state index in [1.165, 1.54) is 0 Å². The van der Waals surface area contributed by atoms with Crippen LogP contribution in [0.5, 0.6) is 0 Å². The second-order valence-corrected chi connectivity index (χ2v) is 11.0. The molecule has 2 aliphatic rings. The van der Waals surface area contributed by atoms with Crippen LogP contribution in [0.15, 0.2) is 24.3 Å². The van der Waals surface area contributed by atoms with E-state index < -0.39 is 0 Å². The minimum Gasteiger partial charge on any atom is -0.378 e. The van der Waals surface area contributed by atoms with Gasteiger partial charge in [0.2, 0.25) is 11.9 Å². The number of imidazole rings is 2. The smallest absolute Gasteiger partial charge is 0.239 e. The van der Waals surface area contributed by atoms with Gasteiger partial charge in [-0.05, 0) is 30.9 Å². The lowest BCUT2D eigenvalue weighted by atomic mass is 9.92. The molecule has 39 heavy (non-hydrogen) atoms. The molecule has 6 rings (SSSR count). The van der Waals surface area contributed by atoms with Crippen LogP contribution in [0.4, 0.5) is 5.82 Å². The molecule has 0 unspecified atom stereocenters. The van der Waals surface area contributed by atoms with E-state index in [0.29, 0.717) is 25.1 Å². The van der Waals surface area contributed by atoms with Crippen LogP contribution in [0.3, 0.4) is 0 Å². The SMILES string of the molecule is CCc1nc2ccccc2n1-c1nc(N2CCOCC2)c2nc(CC3CCN(C(=O)C(C)C)CC3)n(C)c2n1. The van der Waals surface area contributed by atoms with Crippen LogP contribution in [0.1, 0.15) is 45.3 Å². The Morgan fingerprint density at radius 2 is 1.74 bits per heavy atom. The van der Waals surface area contributed by atoms with Crippen LogP contribution in [0.25, 0.3) is 28.1 Å². The molecule has 0 aliphatic carbocycles. The van der Waals surface area contributed by atoms with Gasteiger partial charge in [0, 0.05) is 52.0 Å². The first kappa shape index (κ1) is 25.7. The highest BCUT2D eigenvalue weighted by Crippen LogP contribution is 2.30. The number of benzene rings is 1. The summed E-state index contributed by atoms with van der Waals surface area (Å²) in [6, 6.07) is 8.16. The molecule has 0 N–H and O–H groups in total. The number of hydrogen-bond donors (Lipinski definition) is 0. The molecule has 0 spiro atoms. The molecule has 0 saturated carbocycles. The van der Waals surface area contributed by atoms with Crippen LogP contribution in [-0.2, 0) is 29.4 Å². The van der Waals surface area contributed by atoms with Crippen molar-refractivity contribution in [1.29, 1.82) is 0 Å². The summed E-state index contributed by atoms with van der Waals surface area (Å²) in [5.41, 5.74) is 3.63. The molecule has 4 aromatic rings. The summed E-state index contributed by atoms with van der Waals surface area (Å²) in [4.78, 5) is 37.0. The summed E-state index contributed by atoms with van der Waals surface area (Å²) in [5.74, 6) is 4.24. The number of para-hydroxylation sites is 2. The zero-order valence-corrected chi connectivity index (χ0v) is 23.4. The Bertz CT molecular complexity index is 1490. The summed E-state index contributed by atoms with van der Waals surface area (Å²) in [7, 11) is 2.06. The van der Waals surface area contributed by atoms with Crippen molar-refractivity contribution >= 4 is 33.9 Å². The second kappa shape index (κ2) is 10.6. The van der Waals surface area contributed by atoms with Crippen molar-refractivity contribution in [3.63, 3.8) is 0 Å². The van der Waals surface area contributed by atoms with Crippen molar-refractivity contribution in [2.24, 2.45) is 18.9 Å². The van der Waals surface area contributed by atoms with E-state index in [0.717, 1.165) is 91.5 Å². The van der Waals surface area contributed by atoms with E-state index in [4.69, 9.17) is 24.7 Å². The molecule has 1 aromatic carbocycles. The number of amides is 1. The number of aryl methyl sites for hydroxylation is 2. The third-order valence-electron chi connectivity index (χ3n) is 8.13. The number of carbonyl (C=O) groups excluding carboxylic acids is 1. The summed E-state index contributed by atoms with van der Waals surface area (Å²) < 4.78 is 9.88. The molecular weight excluding hydrogens is 492 g/mol. The van der Waals surface area contributed by atoms with E-state index >= 15 is 0 Å². The number of carbonyl (C=O) groups is 1. The average Bonchev–Trinajstić information content (AvgIpc) is 3.50. The Kier molecular flexibility index (Phi) is 6.97. The fraction of sp³-hybridized carbons (Fsp3) is 0.552. The van der Waals surface area contributed by atoms with Crippen molar-refractivity contribution in [3.8, 4) is 5.95 Å². The van der Waals surface area contributed by atoms with Crippen molar-refractivity contribution in [2.45, 2.75) is 46.5 Å². The summed E-state index contributed by atoms with van der Waals surface area (Å²) in [5, 5.41) is 0.